The van der Waals surface area contributed by atoms with Gasteiger partial charge >= 0.3 is 5.97 Å². The zero-order chi connectivity index (χ0) is 16.3. The second-order valence-corrected chi connectivity index (χ2v) is 5.02. The molecule has 1 unspecified atom stereocenters. The van der Waals surface area contributed by atoms with Gasteiger partial charge in [0.15, 0.2) is 0 Å². The highest BCUT2D eigenvalue weighted by Gasteiger charge is 2.17. The van der Waals surface area contributed by atoms with Crippen LogP contribution in [-0.4, -0.2) is 36.5 Å². The molecule has 0 aliphatic heterocycles. The van der Waals surface area contributed by atoms with Gasteiger partial charge in [-0.1, -0.05) is 0 Å². The minimum absolute atomic E-state index is 0.198. The van der Waals surface area contributed by atoms with Crippen molar-refractivity contribution in [2.24, 2.45) is 0 Å². The molecule has 1 atom stereocenters. The number of aryl methyl sites for hydroxylation is 1. The molecule has 22 heavy (non-hydrogen) atoms. The van der Waals surface area contributed by atoms with Gasteiger partial charge in [-0.25, -0.2) is 0 Å². The lowest BCUT2D eigenvalue weighted by Crippen LogP contribution is -2.26. The third kappa shape index (κ3) is 3.33. The Kier molecular flexibility index (Phi) is 4.59. The van der Waals surface area contributed by atoms with E-state index >= 15 is 0 Å². The first-order valence-corrected chi connectivity index (χ1v) is 6.99. The highest BCUT2D eigenvalue weighted by atomic mass is 16.4. The van der Waals surface area contributed by atoms with Crippen molar-refractivity contribution >= 4 is 11.9 Å². The molecule has 0 spiro atoms. The molecule has 2 aromatic rings. The molecule has 2 rings (SSSR count). The molecular formula is C14H19N5O3. The number of carboxylic acid groups (broad SMARTS) is 1. The fourth-order valence-corrected chi connectivity index (χ4v) is 2.27. The van der Waals surface area contributed by atoms with E-state index in [9.17, 15) is 9.59 Å². The van der Waals surface area contributed by atoms with Crippen LogP contribution in [0.25, 0.3) is 0 Å². The molecule has 0 fully saturated rings. The summed E-state index contributed by atoms with van der Waals surface area (Å²) in [7, 11) is 0. The second-order valence-electron chi connectivity index (χ2n) is 5.02. The number of aliphatic carboxylic acids is 1. The molecule has 0 saturated heterocycles. The minimum Gasteiger partial charge on any atom is -0.480 e. The lowest BCUT2D eigenvalue weighted by atomic mass is 10.1. The third-order valence-electron chi connectivity index (χ3n) is 3.45. The Morgan fingerprint density at radius 1 is 1.36 bits per heavy atom. The molecule has 8 nitrogen and oxygen atoms in total. The largest absolute Gasteiger partial charge is 0.480 e. The van der Waals surface area contributed by atoms with Crippen LogP contribution in [0.5, 0.6) is 0 Å². The van der Waals surface area contributed by atoms with E-state index in [0.717, 1.165) is 17.8 Å². The van der Waals surface area contributed by atoms with E-state index in [1.54, 1.807) is 6.20 Å². The molecule has 2 aromatic heterocycles. The third-order valence-corrected chi connectivity index (χ3v) is 3.45. The van der Waals surface area contributed by atoms with Gasteiger partial charge in [0.05, 0.1) is 24.0 Å². The summed E-state index contributed by atoms with van der Waals surface area (Å²) < 4.78 is 3.07. The Morgan fingerprint density at radius 2 is 2.09 bits per heavy atom. The van der Waals surface area contributed by atoms with Gasteiger partial charge < -0.3 is 10.4 Å². The Morgan fingerprint density at radius 3 is 2.68 bits per heavy atom. The summed E-state index contributed by atoms with van der Waals surface area (Å²) in [6.45, 7) is 6.34. The monoisotopic (exact) mass is 305 g/mol. The normalized spacial score (nSPS) is 12.1. The molecule has 0 aliphatic carbocycles. The maximum atomic E-state index is 12.2. The number of carbonyl (C=O) groups is 2. The van der Waals surface area contributed by atoms with Gasteiger partial charge in [-0.05, 0) is 20.8 Å². The molecule has 0 aliphatic rings. The number of rotatable bonds is 6. The van der Waals surface area contributed by atoms with Crippen LogP contribution in [0, 0.1) is 6.92 Å². The zero-order valence-corrected chi connectivity index (χ0v) is 12.8. The first-order valence-electron chi connectivity index (χ1n) is 6.99. The van der Waals surface area contributed by atoms with Crippen LogP contribution >= 0.6 is 0 Å². The number of amides is 1. The molecule has 2 N–H and O–H groups in total. The van der Waals surface area contributed by atoms with E-state index in [2.05, 4.69) is 15.5 Å². The standard InChI is InChI=1S/C14H19N5O3/c1-4-19-10(3)12(6-16-19)9(2)17-14(22)11-5-15-18(7-11)8-13(20)21/h5-7,9H,4,8H2,1-3H3,(H,17,22)(H,20,21). The molecule has 0 radical (unpaired) electrons. The van der Waals surface area contributed by atoms with Crippen molar-refractivity contribution in [1.82, 2.24) is 24.9 Å². The van der Waals surface area contributed by atoms with Crippen LogP contribution in [0.15, 0.2) is 18.6 Å². The van der Waals surface area contributed by atoms with E-state index in [4.69, 9.17) is 5.11 Å². The quantitative estimate of drug-likeness (QED) is 0.828. The predicted molar refractivity (Wildman–Crippen MR) is 78.4 cm³/mol. The highest BCUT2D eigenvalue weighted by Crippen LogP contribution is 2.17. The summed E-state index contributed by atoms with van der Waals surface area (Å²) in [5, 5.41) is 19.7. The van der Waals surface area contributed by atoms with Crippen molar-refractivity contribution in [3.8, 4) is 0 Å². The molecule has 1 amide bonds. The smallest absolute Gasteiger partial charge is 0.325 e. The first-order chi connectivity index (χ1) is 10.4. The zero-order valence-electron chi connectivity index (χ0n) is 12.8. The second kappa shape index (κ2) is 6.42. The van der Waals surface area contributed by atoms with Crippen molar-refractivity contribution in [3.05, 3.63) is 35.4 Å². The van der Waals surface area contributed by atoms with Gasteiger partial charge in [-0.3, -0.25) is 19.0 Å². The number of carboxylic acids is 1. The molecule has 118 valence electrons. The van der Waals surface area contributed by atoms with Gasteiger partial charge in [0, 0.05) is 24.0 Å². The maximum Gasteiger partial charge on any atom is 0.325 e. The number of aromatic nitrogens is 4. The Labute approximate surface area is 127 Å². The predicted octanol–water partition coefficient (Wildman–Crippen LogP) is 0.984. The summed E-state index contributed by atoms with van der Waals surface area (Å²) in [6.07, 6.45) is 4.52. The lowest BCUT2D eigenvalue weighted by Gasteiger charge is -2.13. The Hall–Kier alpha value is -2.64. The topological polar surface area (TPSA) is 102 Å². The number of nitrogens with zero attached hydrogens (tertiary/aromatic N) is 4. The maximum absolute atomic E-state index is 12.2. The summed E-state index contributed by atoms with van der Waals surface area (Å²) >= 11 is 0. The number of hydrogen-bond donors (Lipinski definition) is 2. The highest BCUT2D eigenvalue weighted by molar-refractivity contribution is 5.94. The molecule has 0 aromatic carbocycles. The van der Waals surface area contributed by atoms with Gasteiger partial charge in [0.25, 0.3) is 5.91 Å². The van der Waals surface area contributed by atoms with Crippen LogP contribution in [0.4, 0.5) is 0 Å². The number of carbonyl (C=O) groups excluding carboxylic acids is 1. The molecule has 0 saturated carbocycles. The number of nitrogens with one attached hydrogen (secondary N) is 1. The van der Waals surface area contributed by atoms with Crippen LogP contribution in [0.1, 0.15) is 41.5 Å². The fourth-order valence-electron chi connectivity index (χ4n) is 2.27. The average Bonchev–Trinajstić information content (AvgIpc) is 3.04. The number of hydrogen-bond acceptors (Lipinski definition) is 4. The average molecular weight is 305 g/mol. The van der Waals surface area contributed by atoms with Gasteiger partial charge in [-0.2, -0.15) is 10.2 Å². The fraction of sp³-hybridized carbons (Fsp3) is 0.429. The summed E-state index contributed by atoms with van der Waals surface area (Å²) in [6, 6.07) is -0.198. The summed E-state index contributed by atoms with van der Waals surface area (Å²) in [4.78, 5) is 22.8. The van der Waals surface area contributed by atoms with Crippen LogP contribution in [0.2, 0.25) is 0 Å². The molecule has 0 bridgehead atoms. The van der Waals surface area contributed by atoms with Crippen LogP contribution < -0.4 is 5.32 Å². The van der Waals surface area contributed by atoms with E-state index in [0.29, 0.717) is 5.56 Å². The van der Waals surface area contributed by atoms with Gasteiger partial charge in [0.1, 0.15) is 6.54 Å². The Balaban J connectivity index is 2.06. The van der Waals surface area contributed by atoms with Crippen LogP contribution in [-0.2, 0) is 17.9 Å². The summed E-state index contributed by atoms with van der Waals surface area (Å²) in [5.74, 6) is -1.31. The van der Waals surface area contributed by atoms with E-state index in [1.165, 1.54) is 17.1 Å². The molecular weight excluding hydrogens is 286 g/mol. The van der Waals surface area contributed by atoms with Gasteiger partial charge in [-0.15, -0.1) is 0 Å². The van der Waals surface area contributed by atoms with Crippen molar-refractivity contribution in [3.63, 3.8) is 0 Å². The van der Waals surface area contributed by atoms with Crippen molar-refractivity contribution in [2.45, 2.75) is 39.9 Å². The summed E-state index contributed by atoms with van der Waals surface area (Å²) in [5.41, 5.74) is 2.29. The molecule has 8 heteroatoms. The first kappa shape index (κ1) is 15.7. The molecule has 2 heterocycles. The Bertz CT molecular complexity index is 688. The van der Waals surface area contributed by atoms with Crippen molar-refractivity contribution in [1.29, 1.82) is 0 Å². The van der Waals surface area contributed by atoms with Gasteiger partial charge in [0.2, 0.25) is 0 Å². The van der Waals surface area contributed by atoms with E-state index in [1.807, 2.05) is 25.5 Å². The van der Waals surface area contributed by atoms with E-state index < -0.39 is 5.97 Å². The lowest BCUT2D eigenvalue weighted by molar-refractivity contribution is -0.137. The van der Waals surface area contributed by atoms with Crippen LogP contribution in [0.3, 0.4) is 0 Å². The van der Waals surface area contributed by atoms with Crippen molar-refractivity contribution in [2.75, 3.05) is 0 Å². The van der Waals surface area contributed by atoms with E-state index in [-0.39, 0.29) is 18.5 Å². The van der Waals surface area contributed by atoms with Crippen molar-refractivity contribution < 1.29 is 14.7 Å². The minimum atomic E-state index is -1.01. The SMILES string of the molecule is CCn1ncc(C(C)NC(=O)c2cnn(CC(=O)O)c2)c1C.